The van der Waals surface area contributed by atoms with Crippen LogP contribution < -0.4 is 5.32 Å². The van der Waals surface area contributed by atoms with Crippen molar-refractivity contribution in [3.05, 3.63) is 46.1 Å². The third kappa shape index (κ3) is 5.20. The molecule has 0 saturated carbocycles. The van der Waals surface area contributed by atoms with Crippen LogP contribution in [0.2, 0.25) is 0 Å². The number of hydrogen-bond acceptors (Lipinski definition) is 7. The number of ether oxygens (including phenoxy) is 2. The van der Waals surface area contributed by atoms with Crippen LogP contribution in [0.4, 0.5) is 5.00 Å². The van der Waals surface area contributed by atoms with E-state index in [1.807, 2.05) is 0 Å². The molecule has 154 valence electrons. The molecule has 1 aliphatic carbocycles. The predicted molar refractivity (Wildman–Crippen MR) is 109 cm³/mol. The van der Waals surface area contributed by atoms with Crippen LogP contribution in [0.1, 0.15) is 58.3 Å². The summed E-state index contributed by atoms with van der Waals surface area (Å²) in [6.45, 7) is 5.30. The number of fused-ring (bicyclic) bond motifs is 1. The minimum Gasteiger partial charge on any atom is -0.459 e. The van der Waals surface area contributed by atoms with Gasteiger partial charge in [-0.2, -0.15) is 0 Å². The number of pyridine rings is 1. The smallest absolute Gasteiger partial charge is 0.341 e. The summed E-state index contributed by atoms with van der Waals surface area (Å²) >= 11 is 1.40. The topological polar surface area (TPSA) is 94.6 Å². The maximum absolute atomic E-state index is 12.7. The summed E-state index contributed by atoms with van der Waals surface area (Å²) in [5, 5.41) is 3.19. The zero-order chi connectivity index (χ0) is 21.0. The molecule has 0 unspecified atom stereocenters. The third-order valence-electron chi connectivity index (χ3n) is 4.56. The summed E-state index contributed by atoms with van der Waals surface area (Å²) < 4.78 is 10.4. The highest BCUT2D eigenvalue weighted by Gasteiger charge is 2.29. The lowest BCUT2D eigenvalue weighted by molar-refractivity contribution is -0.119. The minimum absolute atomic E-state index is 0.259. The fourth-order valence-electron chi connectivity index (χ4n) is 3.19. The van der Waals surface area contributed by atoms with Gasteiger partial charge in [0.25, 0.3) is 5.91 Å². The van der Waals surface area contributed by atoms with E-state index < -0.39 is 24.5 Å². The van der Waals surface area contributed by atoms with Crippen molar-refractivity contribution >= 4 is 34.2 Å². The molecule has 0 aliphatic heterocycles. The molecule has 29 heavy (non-hydrogen) atoms. The number of rotatable bonds is 6. The van der Waals surface area contributed by atoms with Crippen molar-refractivity contribution in [3.8, 4) is 0 Å². The van der Waals surface area contributed by atoms with Gasteiger partial charge >= 0.3 is 11.9 Å². The summed E-state index contributed by atoms with van der Waals surface area (Å²) in [5.74, 6) is -1.02. The van der Waals surface area contributed by atoms with Gasteiger partial charge in [-0.3, -0.25) is 9.78 Å². The second-order valence-electron chi connectivity index (χ2n) is 7.37. The van der Waals surface area contributed by atoms with Crippen LogP contribution in [0.3, 0.4) is 0 Å². The standard InChI is InChI=1S/C21H24N2O5S/c1-12(2)28-21(26)18-15-5-4-13(3)10-16(15)29-19(18)23-17(24)11-27-20(25)14-6-8-22-9-7-14/h6-9,12-13H,4-5,10-11H2,1-3H3,(H,23,24)/t13-/m0/s1. The van der Waals surface area contributed by atoms with Gasteiger partial charge in [0.05, 0.1) is 17.2 Å². The number of nitrogens with one attached hydrogen (secondary N) is 1. The first-order valence-electron chi connectivity index (χ1n) is 9.57. The van der Waals surface area contributed by atoms with Crippen LogP contribution in [0.5, 0.6) is 0 Å². The second kappa shape index (κ2) is 9.17. The third-order valence-corrected chi connectivity index (χ3v) is 5.73. The van der Waals surface area contributed by atoms with E-state index in [0.29, 0.717) is 22.0 Å². The number of anilines is 1. The van der Waals surface area contributed by atoms with Gasteiger partial charge in [0.1, 0.15) is 5.00 Å². The van der Waals surface area contributed by atoms with E-state index in [0.717, 1.165) is 29.7 Å². The molecule has 2 heterocycles. The van der Waals surface area contributed by atoms with Gasteiger partial charge in [-0.25, -0.2) is 9.59 Å². The van der Waals surface area contributed by atoms with E-state index in [9.17, 15) is 14.4 Å². The molecule has 2 aromatic heterocycles. The summed E-state index contributed by atoms with van der Waals surface area (Å²) in [4.78, 5) is 42.0. The number of thiophene rings is 1. The first kappa shape index (κ1) is 21.0. The van der Waals surface area contributed by atoms with Gasteiger partial charge < -0.3 is 14.8 Å². The zero-order valence-electron chi connectivity index (χ0n) is 16.7. The Morgan fingerprint density at radius 1 is 1.24 bits per heavy atom. The molecule has 0 fully saturated rings. The maximum atomic E-state index is 12.7. The summed E-state index contributed by atoms with van der Waals surface area (Å²) in [7, 11) is 0. The monoisotopic (exact) mass is 416 g/mol. The van der Waals surface area contributed by atoms with E-state index >= 15 is 0 Å². The first-order valence-corrected chi connectivity index (χ1v) is 10.4. The molecule has 0 bridgehead atoms. The maximum Gasteiger partial charge on any atom is 0.341 e. The molecule has 1 N–H and O–H groups in total. The van der Waals surface area contributed by atoms with Gasteiger partial charge in [0.15, 0.2) is 6.61 Å². The number of amides is 1. The molecule has 0 aromatic carbocycles. The SMILES string of the molecule is CC(C)OC(=O)c1c(NC(=O)COC(=O)c2ccncc2)sc2c1CC[C@H](C)C2. The fourth-order valence-corrected chi connectivity index (χ4v) is 4.61. The second-order valence-corrected chi connectivity index (χ2v) is 8.48. The molecule has 0 spiro atoms. The number of nitrogens with zero attached hydrogens (tertiary/aromatic N) is 1. The molecule has 8 heteroatoms. The summed E-state index contributed by atoms with van der Waals surface area (Å²) in [5.41, 5.74) is 1.71. The highest BCUT2D eigenvalue weighted by atomic mass is 32.1. The van der Waals surface area contributed by atoms with Gasteiger partial charge in [-0.05, 0) is 56.7 Å². The quantitative estimate of drug-likeness (QED) is 0.723. The molecular formula is C21H24N2O5S. The number of hydrogen-bond donors (Lipinski definition) is 1. The highest BCUT2D eigenvalue weighted by molar-refractivity contribution is 7.17. The van der Waals surface area contributed by atoms with Crippen molar-refractivity contribution in [2.45, 2.75) is 46.1 Å². The van der Waals surface area contributed by atoms with E-state index in [-0.39, 0.29) is 6.10 Å². The van der Waals surface area contributed by atoms with Gasteiger partial charge in [-0.15, -0.1) is 11.3 Å². The molecule has 0 radical (unpaired) electrons. The van der Waals surface area contributed by atoms with Crippen LogP contribution in [-0.4, -0.2) is 35.5 Å². The fraction of sp³-hybridized carbons (Fsp3) is 0.429. The lowest BCUT2D eigenvalue weighted by atomic mass is 9.88. The molecule has 2 aromatic rings. The lowest BCUT2D eigenvalue weighted by Crippen LogP contribution is -2.22. The molecule has 1 atom stereocenters. The highest BCUT2D eigenvalue weighted by Crippen LogP contribution is 2.40. The Morgan fingerprint density at radius 2 is 1.97 bits per heavy atom. The molecular weight excluding hydrogens is 392 g/mol. The van der Waals surface area contributed by atoms with Gasteiger partial charge in [0.2, 0.25) is 0 Å². The lowest BCUT2D eigenvalue weighted by Gasteiger charge is -2.18. The number of carbonyl (C=O) groups excluding carboxylic acids is 3. The molecule has 1 aliphatic rings. The van der Waals surface area contributed by atoms with Crippen LogP contribution in [0.25, 0.3) is 0 Å². The number of aromatic nitrogens is 1. The number of carbonyl (C=O) groups is 3. The zero-order valence-corrected chi connectivity index (χ0v) is 17.5. The van der Waals surface area contributed by atoms with Crippen LogP contribution >= 0.6 is 11.3 Å². The first-order chi connectivity index (χ1) is 13.8. The number of esters is 2. The van der Waals surface area contributed by atoms with E-state index in [2.05, 4.69) is 17.2 Å². The predicted octanol–water partition coefficient (Wildman–Crippen LogP) is 3.63. The Balaban J connectivity index is 1.73. The van der Waals surface area contributed by atoms with E-state index in [4.69, 9.17) is 9.47 Å². The van der Waals surface area contributed by atoms with Gasteiger partial charge in [0, 0.05) is 17.3 Å². The van der Waals surface area contributed by atoms with Crippen molar-refractivity contribution in [1.82, 2.24) is 4.98 Å². The average molecular weight is 416 g/mol. The summed E-state index contributed by atoms with van der Waals surface area (Å²) in [6.07, 6.45) is 5.33. The van der Waals surface area contributed by atoms with Crippen molar-refractivity contribution in [2.75, 3.05) is 11.9 Å². The van der Waals surface area contributed by atoms with Crippen LogP contribution in [0, 0.1) is 5.92 Å². The molecule has 0 saturated heterocycles. The minimum atomic E-state index is -0.610. The van der Waals surface area contributed by atoms with Crippen LogP contribution in [-0.2, 0) is 27.1 Å². The van der Waals surface area contributed by atoms with E-state index in [1.54, 1.807) is 13.8 Å². The Labute approximate surface area is 173 Å². The van der Waals surface area contributed by atoms with Crippen molar-refractivity contribution in [2.24, 2.45) is 5.92 Å². The Bertz CT molecular complexity index is 907. The Kier molecular flexibility index (Phi) is 6.64. The Hall–Kier alpha value is -2.74. The average Bonchev–Trinajstić information content (AvgIpc) is 3.03. The largest absolute Gasteiger partial charge is 0.459 e. The molecule has 1 amide bonds. The molecule has 7 nitrogen and oxygen atoms in total. The van der Waals surface area contributed by atoms with Crippen molar-refractivity contribution in [1.29, 1.82) is 0 Å². The van der Waals surface area contributed by atoms with Crippen LogP contribution in [0.15, 0.2) is 24.5 Å². The normalized spacial score (nSPS) is 15.5. The van der Waals surface area contributed by atoms with Gasteiger partial charge in [-0.1, -0.05) is 6.92 Å². The Morgan fingerprint density at radius 3 is 2.66 bits per heavy atom. The van der Waals surface area contributed by atoms with Crippen molar-refractivity contribution in [3.63, 3.8) is 0 Å². The van der Waals surface area contributed by atoms with Crippen molar-refractivity contribution < 1.29 is 23.9 Å². The summed E-state index contributed by atoms with van der Waals surface area (Å²) in [6, 6.07) is 3.02. The molecule has 3 rings (SSSR count). The van der Waals surface area contributed by atoms with E-state index in [1.165, 1.54) is 35.9 Å².